The SMILES string of the molecule is CCN(CC)C(=O)N1CC(CO)OC(C)(C)C1. The lowest BCUT2D eigenvalue weighted by molar-refractivity contribution is -0.140. The Kier molecular flexibility index (Phi) is 4.77. The maximum atomic E-state index is 12.2. The van der Waals surface area contributed by atoms with Gasteiger partial charge >= 0.3 is 6.03 Å². The minimum Gasteiger partial charge on any atom is -0.394 e. The molecule has 2 amide bonds. The van der Waals surface area contributed by atoms with Crippen molar-refractivity contribution in [1.82, 2.24) is 9.80 Å². The van der Waals surface area contributed by atoms with Crippen molar-refractivity contribution in [2.75, 3.05) is 32.8 Å². The summed E-state index contributed by atoms with van der Waals surface area (Å²) in [4.78, 5) is 15.8. The largest absolute Gasteiger partial charge is 0.394 e. The van der Waals surface area contributed by atoms with Crippen molar-refractivity contribution in [3.05, 3.63) is 0 Å². The van der Waals surface area contributed by atoms with Crippen LogP contribution in [-0.2, 0) is 4.74 Å². The Bertz CT molecular complexity index is 264. The van der Waals surface area contributed by atoms with E-state index in [-0.39, 0.29) is 18.7 Å². The topological polar surface area (TPSA) is 53.0 Å². The number of aliphatic hydroxyl groups excluding tert-OH is 1. The molecule has 0 aromatic heterocycles. The van der Waals surface area contributed by atoms with Crippen LogP contribution in [0.1, 0.15) is 27.7 Å². The molecule has 0 aliphatic carbocycles. The van der Waals surface area contributed by atoms with Gasteiger partial charge in [-0.05, 0) is 27.7 Å². The summed E-state index contributed by atoms with van der Waals surface area (Å²) in [6.07, 6.45) is -0.279. The average Bonchev–Trinajstić information content (AvgIpc) is 2.28. The molecule has 0 aromatic carbocycles. The molecule has 1 unspecified atom stereocenters. The fourth-order valence-electron chi connectivity index (χ4n) is 2.23. The number of carbonyl (C=O) groups is 1. The van der Waals surface area contributed by atoms with Gasteiger partial charge in [0.1, 0.15) is 0 Å². The summed E-state index contributed by atoms with van der Waals surface area (Å²) in [6, 6.07) is 0.0322. The van der Waals surface area contributed by atoms with Crippen molar-refractivity contribution in [3.63, 3.8) is 0 Å². The zero-order valence-electron chi connectivity index (χ0n) is 11.3. The van der Waals surface area contributed by atoms with E-state index in [0.717, 1.165) is 0 Å². The molecule has 0 spiro atoms. The summed E-state index contributed by atoms with van der Waals surface area (Å²) in [5.41, 5.74) is -0.394. The maximum Gasteiger partial charge on any atom is 0.320 e. The van der Waals surface area contributed by atoms with Gasteiger partial charge in [-0.25, -0.2) is 4.79 Å². The van der Waals surface area contributed by atoms with Crippen LogP contribution in [0.3, 0.4) is 0 Å². The Morgan fingerprint density at radius 3 is 2.53 bits per heavy atom. The smallest absolute Gasteiger partial charge is 0.320 e. The van der Waals surface area contributed by atoms with E-state index < -0.39 is 5.60 Å². The fraction of sp³-hybridized carbons (Fsp3) is 0.917. The van der Waals surface area contributed by atoms with Crippen molar-refractivity contribution in [2.45, 2.75) is 39.4 Å². The van der Waals surface area contributed by atoms with E-state index in [9.17, 15) is 9.90 Å². The van der Waals surface area contributed by atoms with Crippen LogP contribution in [0.5, 0.6) is 0 Å². The van der Waals surface area contributed by atoms with E-state index in [2.05, 4.69) is 0 Å². The second kappa shape index (κ2) is 5.69. The van der Waals surface area contributed by atoms with Gasteiger partial charge in [-0.1, -0.05) is 0 Å². The van der Waals surface area contributed by atoms with Crippen LogP contribution in [0.25, 0.3) is 0 Å². The number of nitrogens with zero attached hydrogens (tertiary/aromatic N) is 2. The highest BCUT2D eigenvalue weighted by Crippen LogP contribution is 2.21. The third-order valence-corrected chi connectivity index (χ3v) is 2.99. The van der Waals surface area contributed by atoms with Crippen LogP contribution in [0.4, 0.5) is 4.79 Å². The zero-order valence-corrected chi connectivity index (χ0v) is 11.3. The van der Waals surface area contributed by atoms with Crippen molar-refractivity contribution in [1.29, 1.82) is 0 Å². The first-order valence-electron chi connectivity index (χ1n) is 6.26. The normalized spacial score (nSPS) is 23.6. The van der Waals surface area contributed by atoms with E-state index >= 15 is 0 Å². The highest BCUT2D eigenvalue weighted by molar-refractivity contribution is 5.74. The van der Waals surface area contributed by atoms with Crippen molar-refractivity contribution < 1.29 is 14.6 Å². The number of morpholine rings is 1. The van der Waals surface area contributed by atoms with Crippen LogP contribution < -0.4 is 0 Å². The molecule has 0 radical (unpaired) electrons. The molecular weight excluding hydrogens is 220 g/mol. The third-order valence-electron chi connectivity index (χ3n) is 2.99. The lowest BCUT2D eigenvalue weighted by Crippen LogP contribution is -2.58. The van der Waals surface area contributed by atoms with Gasteiger partial charge in [0.05, 0.1) is 31.4 Å². The van der Waals surface area contributed by atoms with Gasteiger partial charge < -0.3 is 19.6 Å². The molecule has 0 bridgehead atoms. The van der Waals surface area contributed by atoms with Crippen molar-refractivity contribution in [2.24, 2.45) is 0 Å². The first kappa shape index (κ1) is 14.3. The maximum absolute atomic E-state index is 12.2. The lowest BCUT2D eigenvalue weighted by atomic mass is 10.1. The van der Waals surface area contributed by atoms with Gasteiger partial charge in [0.15, 0.2) is 0 Å². The Hall–Kier alpha value is -0.810. The van der Waals surface area contributed by atoms with Gasteiger partial charge in [0.25, 0.3) is 0 Å². The molecule has 1 atom stereocenters. The van der Waals surface area contributed by atoms with Crippen LogP contribution in [0, 0.1) is 0 Å². The Balaban J connectivity index is 2.72. The Morgan fingerprint density at radius 1 is 1.47 bits per heavy atom. The molecule has 100 valence electrons. The standard InChI is InChI=1S/C12H24N2O3/c1-5-13(6-2)11(16)14-7-10(8-15)17-12(3,4)9-14/h10,15H,5-9H2,1-4H3. The lowest BCUT2D eigenvalue weighted by Gasteiger charge is -2.43. The Labute approximate surface area is 103 Å². The van der Waals surface area contributed by atoms with Gasteiger partial charge in [-0.2, -0.15) is 0 Å². The number of hydrogen-bond donors (Lipinski definition) is 1. The number of hydrogen-bond acceptors (Lipinski definition) is 3. The van der Waals surface area contributed by atoms with Crippen molar-refractivity contribution >= 4 is 6.03 Å². The van der Waals surface area contributed by atoms with Crippen LogP contribution in [-0.4, -0.2) is 65.4 Å². The molecule has 5 nitrogen and oxygen atoms in total. The molecule has 1 rings (SSSR count). The van der Waals surface area contributed by atoms with Gasteiger partial charge in [-0.3, -0.25) is 0 Å². The van der Waals surface area contributed by atoms with Crippen LogP contribution in [0.15, 0.2) is 0 Å². The molecule has 1 aliphatic rings. The number of carbonyl (C=O) groups excluding carboxylic acids is 1. The molecule has 1 heterocycles. The molecule has 1 fully saturated rings. The quantitative estimate of drug-likeness (QED) is 0.803. The molecule has 1 aliphatic heterocycles. The van der Waals surface area contributed by atoms with Gasteiger partial charge in [-0.15, -0.1) is 0 Å². The summed E-state index contributed by atoms with van der Waals surface area (Å²) in [6.45, 7) is 10.2. The molecule has 0 saturated carbocycles. The molecular formula is C12H24N2O3. The summed E-state index contributed by atoms with van der Waals surface area (Å²) in [5.74, 6) is 0. The molecule has 17 heavy (non-hydrogen) atoms. The number of aliphatic hydroxyl groups is 1. The van der Waals surface area contributed by atoms with E-state index in [4.69, 9.17) is 4.74 Å². The Morgan fingerprint density at radius 2 is 2.06 bits per heavy atom. The van der Waals surface area contributed by atoms with Crippen LogP contribution >= 0.6 is 0 Å². The number of amides is 2. The first-order chi connectivity index (χ1) is 7.93. The van der Waals surface area contributed by atoms with Crippen molar-refractivity contribution in [3.8, 4) is 0 Å². The van der Waals surface area contributed by atoms with E-state index in [1.807, 2.05) is 27.7 Å². The highest BCUT2D eigenvalue weighted by Gasteiger charge is 2.36. The first-order valence-corrected chi connectivity index (χ1v) is 6.26. The summed E-state index contributed by atoms with van der Waals surface area (Å²) < 4.78 is 5.69. The summed E-state index contributed by atoms with van der Waals surface area (Å²) in [7, 11) is 0. The third kappa shape index (κ3) is 3.57. The van der Waals surface area contributed by atoms with E-state index in [0.29, 0.717) is 26.2 Å². The predicted octanol–water partition coefficient (Wildman–Crippen LogP) is 0.920. The number of urea groups is 1. The number of ether oxygens (including phenoxy) is 1. The second-order valence-electron chi connectivity index (χ2n) is 5.02. The van der Waals surface area contributed by atoms with Gasteiger partial charge in [0.2, 0.25) is 0 Å². The van der Waals surface area contributed by atoms with Gasteiger partial charge in [0, 0.05) is 13.1 Å². The second-order valence-corrected chi connectivity index (χ2v) is 5.02. The highest BCUT2D eigenvalue weighted by atomic mass is 16.5. The molecule has 0 aromatic rings. The fourth-order valence-corrected chi connectivity index (χ4v) is 2.23. The van der Waals surface area contributed by atoms with E-state index in [1.54, 1.807) is 9.80 Å². The average molecular weight is 244 g/mol. The molecule has 5 heteroatoms. The zero-order chi connectivity index (χ0) is 13.1. The molecule has 1 saturated heterocycles. The minimum absolute atomic E-state index is 0.0322. The monoisotopic (exact) mass is 244 g/mol. The minimum atomic E-state index is -0.394. The number of rotatable bonds is 3. The van der Waals surface area contributed by atoms with E-state index in [1.165, 1.54) is 0 Å². The van der Waals surface area contributed by atoms with Crippen LogP contribution in [0.2, 0.25) is 0 Å². The molecule has 1 N–H and O–H groups in total. The summed E-state index contributed by atoms with van der Waals surface area (Å²) >= 11 is 0. The predicted molar refractivity (Wildman–Crippen MR) is 65.9 cm³/mol. The summed E-state index contributed by atoms with van der Waals surface area (Å²) in [5, 5.41) is 9.20.